The lowest BCUT2D eigenvalue weighted by atomic mass is 10.1. The number of hydrogen-bond donors (Lipinski definition) is 1. The molecule has 1 aliphatic heterocycles. The van der Waals surface area contributed by atoms with Crippen molar-refractivity contribution in [3.63, 3.8) is 0 Å². The third-order valence-electron chi connectivity index (χ3n) is 1.78. The van der Waals surface area contributed by atoms with Gasteiger partial charge in [0.05, 0.1) is 18.9 Å². The number of carbonyl (C=O) groups excluding carboxylic acids is 1. The van der Waals surface area contributed by atoms with Gasteiger partial charge in [0.1, 0.15) is 0 Å². The highest BCUT2D eigenvalue weighted by atomic mass is 16.9. The minimum atomic E-state index is -1.39. The summed E-state index contributed by atoms with van der Waals surface area (Å²) in [6.45, 7) is 0. The second-order valence-corrected chi connectivity index (χ2v) is 2.63. The number of rotatable bonds is 2. The second-order valence-electron chi connectivity index (χ2n) is 2.63. The molecule has 0 aromatic rings. The molecule has 1 atom stereocenters. The SMILES string of the molecule is COC1(OC)C[C@@H](O)CC(=O)O1. The van der Waals surface area contributed by atoms with E-state index in [1.54, 1.807) is 0 Å². The maximum atomic E-state index is 10.9. The molecule has 0 aliphatic carbocycles. The minimum Gasteiger partial charge on any atom is -0.408 e. The van der Waals surface area contributed by atoms with Crippen LogP contribution in [0.3, 0.4) is 0 Å². The highest BCUT2D eigenvalue weighted by molar-refractivity contribution is 5.71. The fourth-order valence-electron chi connectivity index (χ4n) is 1.14. The van der Waals surface area contributed by atoms with Gasteiger partial charge in [0.15, 0.2) is 0 Å². The number of methoxy groups -OCH3 is 2. The topological polar surface area (TPSA) is 65.0 Å². The third-order valence-corrected chi connectivity index (χ3v) is 1.78. The smallest absolute Gasteiger partial charge is 0.331 e. The Hall–Kier alpha value is -0.650. The molecule has 0 bridgehead atoms. The lowest BCUT2D eigenvalue weighted by Gasteiger charge is -2.34. The van der Waals surface area contributed by atoms with E-state index in [0.717, 1.165) is 0 Å². The summed E-state index contributed by atoms with van der Waals surface area (Å²) in [7, 11) is 2.71. The number of aliphatic hydroxyl groups excluding tert-OH is 1. The number of ether oxygens (including phenoxy) is 3. The molecule has 1 rings (SSSR count). The Bertz CT molecular complexity index is 175. The van der Waals surface area contributed by atoms with Crippen LogP contribution in [-0.4, -0.2) is 37.4 Å². The van der Waals surface area contributed by atoms with Gasteiger partial charge in [-0.25, -0.2) is 0 Å². The van der Waals surface area contributed by atoms with Crippen molar-refractivity contribution in [2.24, 2.45) is 0 Å². The Labute approximate surface area is 70.2 Å². The van der Waals surface area contributed by atoms with Gasteiger partial charge < -0.3 is 19.3 Å². The largest absolute Gasteiger partial charge is 0.408 e. The van der Waals surface area contributed by atoms with Crippen molar-refractivity contribution in [1.29, 1.82) is 0 Å². The van der Waals surface area contributed by atoms with Crippen molar-refractivity contribution in [3.05, 3.63) is 0 Å². The molecule has 1 fully saturated rings. The highest BCUT2D eigenvalue weighted by Gasteiger charge is 2.42. The lowest BCUT2D eigenvalue weighted by Crippen LogP contribution is -2.47. The Kier molecular flexibility index (Phi) is 2.66. The first kappa shape index (κ1) is 9.44. The van der Waals surface area contributed by atoms with Crippen LogP contribution in [0.25, 0.3) is 0 Å². The van der Waals surface area contributed by atoms with Crippen LogP contribution >= 0.6 is 0 Å². The van der Waals surface area contributed by atoms with Crippen molar-refractivity contribution in [2.75, 3.05) is 14.2 Å². The predicted molar refractivity (Wildman–Crippen MR) is 38.1 cm³/mol. The molecule has 0 aromatic carbocycles. The molecule has 5 nitrogen and oxygen atoms in total. The molecule has 12 heavy (non-hydrogen) atoms. The number of carbonyl (C=O) groups is 1. The molecular formula is C7H12O5. The fraction of sp³-hybridized carbons (Fsp3) is 0.857. The van der Waals surface area contributed by atoms with Crippen molar-refractivity contribution in [3.8, 4) is 0 Å². The molecule has 0 spiro atoms. The molecule has 1 aliphatic rings. The van der Waals surface area contributed by atoms with Gasteiger partial charge in [-0.15, -0.1) is 0 Å². The molecule has 1 N–H and O–H groups in total. The van der Waals surface area contributed by atoms with Crippen LogP contribution in [0.1, 0.15) is 12.8 Å². The summed E-state index contributed by atoms with van der Waals surface area (Å²) in [5.74, 6) is -1.91. The average molecular weight is 176 g/mol. The number of esters is 1. The fourth-order valence-corrected chi connectivity index (χ4v) is 1.14. The summed E-state index contributed by atoms with van der Waals surface area (Å²) in [4.78, 5) is 10.9. The van der Waals surface area contributed by atoms with E-state index in [0.29, 0.717) is 0 Å². The summed E-state index contributed by atoms with van der Waals surface area (Å²) in [5, 5.41) is 9.22. The summed E-state index contributed by atoms with van der Waals surface area (Å²) in [5.41, 5.74) is 0. The van der Waals surface area contributed by atoms with Crippen LogP contribution in [0, 0.1) is 0 Å². The van der Waals surface area contributed by atoms with Crippen LogP contribution in [0.5, 0.6) is 0 Å². The molecule has 1 heterocycles. The standard InChI is InChI=1S/C7H12O5/c1-10-7(11-2)4-5(8)3-6(9)12-7/h5,8H,3-4H2,1-2H3/t5-/m0/s1. The molecular weight excluding hydrogens is 164 g/mol. The first-order chi connectivity index (χ1) is 5.62. The van der Waals surface area contributed by atoms with Gasteiger partial charge in [0.2, 0.25) is 0 Å². The quantitative estimate of drug-likeness (QED) is 0.459. The first-order valence-electron chi connectivity index (χ1n) is 3.62. The van der Waals surface area contributed by atoms with Gasteiger partial charge in [-0.1, -0.05) is 0 Å². The summed E-state index contributed by atoms with van der Waals surface area (Å²) >= 11 is 0. The zero-order chi connectivity index (χ0) is 9.19. The molecule has 0 saturated carbocycles. The van der Waals surface area contributed by atoms with Crippen molar-refractivity contribution in [2.45, 2.75) is 24.9 Å². The van der Waals surface area contributed by atoms with Crippen molar-refractivity contribution >= 4 is 5.97 Å². The molecule has 0 aromatic heterocycles. The summed E-state index contributed by atoms with van der Waals surface area (Å²) < 4.78 is 14.5. The Morgan fingerprint density at radius 3 is 2.58 bits per heavy atom. The number of aliphatic hydroxyl groups is 1. The second kappa shape index (κ2) is 3.38. The van der Waals surface area contributed by atoms with Gasteiger partial charge in [-0.2, -0.15) is 0 Å². The van der Waals surface area contributed by atoms with Crippen LogP contribution in [0.4, 0.5) is 0 Å². The van der Waals surface area contributed by atoms with E-state index in [4.69, 9.17) is 14.2 Å². The van der Waals surface area contributed by atoms with E-state index < -0.39 is 18.0 Å². The molecule has 0 radical (unpaired) electrons. The van der Waals surface area contributed by atoms with Gasteiger partial charge in [-0.05, 0) is 0 Å². The Morgan fingerprint density at radius 2 is 2.17 bits per heavy atom. The first-order valence-corrected chi connectivity index (χ1v) is 3.62. The normalized spacial score (nSPS) is 28.2. The summed E-state index contributed by atoms with van der Waals surface area (Å²) in [6.07, 6.45) is -0.619. The van der Waals surface area contributed by atoms with E-state index >= 15 is 0 Å². The number of hydrogen-bond acceptors (Lipinski definition) is 5. The number of cyclic esters (lactones) is 1. The molecule has 0 unspecified atom stereocenters. The van der Waals surface area contributed by atoms with Crippen LogP contribution < -0.4 is 0 Å². The predicted octanol–water partition coefficient (Wildman–Crippen LogP) is -0.369. The van der Waals surface area contributed by atoms with Crippen molar-refractivity contribution in [1.82, 2.24) is 0 Å². The van der Waals surface area contributed by atoms with E-state index in [-0.39, 0.29) is 12.8 Å². The van der Waals surface area contributed by atoms with Crippen LogP contribution in [0.2, 0.25) is 0 Å². The third kappa shape index (κ3) is 1.74. The zero-order valence-electron chi connectivity index (χ0n) is 7.07. The lowest BCUT2D eigenvalue weighted by molar-refractivity contribution is -0.362. The van der Waals surface area contributed by atoms with Crippen LogP contribution in [0.15, 0.2) is 0 Å². The minimum absolute atomic E-state index is 0.00549. The zero-order valence-corrected chi connectivity index (χ0v) is 7.07. The molecule has 70 valence electrons. The van der Waals surface area contributed by atoms with E-state index in [2.05, 4.69) is 0 Å². The average Bonchev–Trinajstić information content (AvgIpc) is 2.02. The van der Waals surface area contributed by atoms with Crippen LogP contribution in [-0.2, 0) is 19.0 Å². The van der Waals surface area contributed by atoms with Gasteiger partial charge in [-0.3, -0.25) is 4.79 Å². The van der Waals surface area contributed by atoms with Gasteiger partial charge in [0.25, 0.3) is 0 Å². The maximum absolute atomic E-state index is 10.9. The highest BCUT2D eigenvalue weighted by Crippen LogP contribution is 2.27. The Balaban J connectivity index is 2.69. The van der Waals surface area contributed by atoms with E-state index in [1.165, 1.54) is 14.2 Å². The molecule has 1 saturated heterocycles. The molecule has 0 amide bonds. The van der Waals surface area contributed by atoms with E-state index in [1.807, 2.05) is 0 Å². The van der Waals surface area contributed by atoms with E-state index in [9.17, 15) is 9.90 Å². The molecule has 5 heteroatoms. The maximum Gasteiger partial charge on any atom is 0.331 e. The Morgan fingerprint density at radius 1 is 1.58 bits per heavy atom. The van der Waals surface area contributed by atoms with Gasteiger partial charge in [0, 0.05) is 14.2 Å². The summed E-state index contributed by atoms with van der Waals surface area (Å²) in [6, 6.07) is 0. The van der Waals surface area contributed by atoms with Crippen molar-refractivity contribution < 1.29 is 24.1 Å². The van der Waals surface area contributed by atoms with Gasteiger partial charge >= 0.3 is 11.9 Å². The monoisotopic (exact) mass is 176 g/mol.